The van der Waals surface area contributed by atoms with Crippen LogP contribution >= 0.6 is 23.2 Å². The summed E-state index contributed by atoms with van der Waals surface area (Å²) in [6.45, 7) is 2.91. The van der Waals surface area contributed by atoms with E-state index in [-0.39, 0.29) is 5.02 Å². The fourth-order valence-electron chi connectivity index (χ4n) is 1.48. The molecule has 20 heavy (non-hydrogen) atoms. The number of carbonyl (C=O) groups excluding carboxylic acids is 2. The largest absolute Gasteiger partial charge is 0.421 e. The lowest BCUT2D eigenvalue weighted by Crippen LogP contribution is -2.48. The van der Waals surface area contributed by atoms with Crippen LogP contribution in [0.25, 0.3) is 0 Å². The first kappa shape index (κ1) is 14.7. The Bertz CT molecular complexity index is 581. The fraction of sp³-hybridized carbons (Fsp3) is 0.333. The predicted octanol–water partition coefficient (Wildman–Crippen LogP) is 3.28. The Hall–Kier alpha value is -1.66. The molecular formula is C12H10Cl2N2O4. The van der Waals surface area contributed by atoms with Crippen LogP contribution in [-0.2, 0) is 19.1 Å². The second kappa shape index (κ2) is 5.38. The Kier molecular flexibility index (Phi) is 3.96. The van der Waals surface area contributed by atoms with Crippen molar-refractivity contribution in [1.82, 2.24) is 0 Å². The van der Waals surface area contributed by atoms with Crippen LogP contribution in [0, 0.1) is 0 Å². The molecule has 0 saturated carbocycles. The lowest BCUT2D eigenvalue weighted by atomic mass is 10.2. The fourth-order valence-corrected chi connectivity index (χ4v) is 1.77. The summed E-state index contributed by atoms with van der Waals surface area (Å²) in [4.78, 5) is 23.3. The topological polar surface area (TPSA) is 77.3 Å². The first-order chi connectivity index (χ1) is 9.28. The van der Waals surface area contributed by atoms with Crippen LogP contribution in [-0.4, -0.2) is 23.8 Å². The Balaban J connectivity index is 2.16. The van der Waals surface area contributed by atoms with E-state index in [2.05, 4.69) is 10.2 Å². The second-order valence-corrected chi connectivity index (χ2v) is 5.27. The van der Waals surface area contributed by atoms with Crippen LogP contribution in [0.1, 0.15) is 13.8 Å². The normalized spacial score (nSPS) is 19.0. The number of azo groups is 1. The molecule has 0 atom stereocenters. The minimum absolute atomic E-state index is 0.290. The van der Waals surface area contributed by atoms with Crippen LogP contribution < -0.4 is 0 Å². The Labute approximate surface area is 124 Å². The molecule has 0 radical (unpaired) electrons. The van der Waals surface area contributed by atoms with E-state index in [9.17, 15) is 9.59 Å². The molecule has 0 N–H and O–H groups in total. The van der Waals surface area contributed by atoms with Crippen molar-refractivity contribution in [2.24, 2.45) is 10.2 Å². The third kappa shape index (κ3) is 3.26. The molecule has 1 aromatic carbocycles. The first-order valence-corrected chi connectivity index (χ1v) is 6.36. The number of hydrogen-bond donors (Lipinski definition) is 0. The zero-order valence-electron chi connectivity index (χ0n) is 10.6. The van der Waals surface area contributed by atoms with E-state index >= 15 is 0 Å². The number of esters is 2. The molecular weight excluding hydrogens is 307 g/mol. The minimum Gasteiger partial charge on any atom is -0.421 e. The minimum atomic E-state index is -1.43. The van der Waals surface area contributed by atoms with Gasteiger partial charge < -0.3 is 9.47 Å². The van der Waals surface area contributed by atoms with Gasteiger partial charge in [0.2, 0.25) is 0 Å². The van der Waals surface area contributed by atoms with Crippen molar-refractivity contribution in [3.05, 3.63) is 28.2 Å². The van der Waals surface area contributed by atoms with Gasteiger partial charge >= 0.3 is 11.9 Å². The van der Waals surface area contributed by atoms with Gasteiger partial charge in [0, 0.05) is 13.8 Å². The van der Waals surface area contributed by atoms with Gasteiger partial charge in [-0.25, -0.2) is 9.59 Å². The molecule has 1 aliphatic rings. The van der Waals surface area contributed by atoms with Crippen LogP contribution in [0.15, 0.2) is 28.4 Å². The third-order valence-electron chi connectivity index (χ3n) is 2.33. The Morgan fingerprint density at radius 1 is 1.10 bits per heavy atom. The van der Waals surface area contributed by atoms with E-state index in [1.807, 2.05) is 0 Å². The van der Waals surface area contributed by atoms with E-state index in [4.69, 9.17) is 32.7 Å². The van der Waals surface area contributed by atoms with Gasteiger partial charge in [-0.1, -0.05) is 23.2 Å². The van der Waals surface area contributed by atoms with Gasteiger partial charge in [0.1, 0.15) is 0 Å². The average molecular weight is 317 g/mol. The lowest BCUT2D eigenvalue weighted by Gasteiger charge is -2.30. The summed E-state index contributed by atoms with van der Waals surface area (Å²) >= 11 is 11.6. The predicted molar refractivity (Wildman–Crippen MR) is 71.0 cm³/mol. The summed E-state index contributed by atoms with van der Waals surface area (Å²) in [7, 11) is 0. The molecule has 1 aromatic rings. The highest BCUT2D eigenvalue weighted by atomic mass is 35.5. The Morgan fingerprint density at radius 3 is 2.25 bits per heavy atom. The zero-order chi connectivity index (χ0) is 14.9. The summed E-state index contributed by atoms with van der Waals surface area (Å²) < 4.78 is 9.81. The van der Waals surface area contributed by atoms with Crippen LogP contribution in [0.3, 0.4) is 0 Å². The van der Waals surface area contributed by atoms with E-state index < -0.39 is 23.8 Å². The standard InChI is InChI=1S/C12H10Cl2N2O4/c1-12(2)19-10(17)9(11(18)20-12)16-15-6-3-4-7(13)8(14)5-6/h3-5,9H,1-2H3. The zero-order valence-corrected chi connectivity index (χ0v) is 12.1. The van der Waals surface area contributed by atoms with Crippen molar-refractivity contribution in [3.63, 3.8) is 0 Å². The molecule has 0 amide bonds. The maximum atomic E-state index is 11.6. The average Bonchev–Trinajstić information content (AvgIpc) is 2.31. The maximum Gasteiger partial charge on any atom is 0.347 e. The van der Waals surface area contributed by atoms with Crippen molar-refractivity contribution < 1.29 is 19.1 Å². The molecule has 8 heteroatoms. The molecule has 1 heterocycles. The Morgan fingerprint density at radius 2 is 1.70 bits per heavy atom. The quantitative estimate of drug-likeness (QED) is 0.476. The van der Waals surface area contributed by atoms with Crippen molar-refractivity contribution in [2.45, 2.75) is 25.7 Å². The van der Waals surface area contributed by atoms with Gasteiger partial charge in [-0.2, -0.15) is 10.2 Å². The molecule has 0 aromatic heterocycles. The molecule has 0 bridgehead atoms. The summed E-state index contributed by atoms with van der Waals surface area (Å²) in [5, 5.41) is 8.04. The molecule has 106 valence electrons. The number of rotatable bonds is 2. The number of cyclic esters (lactones) is 2. The van der Waals surface area contributed by atoms with Gasteiger partial charge in [0.05, 0.1) is 15.7 Å². The summed E-state index contributed by atoms with van der Waals surface area (Å²) in [6.07, 6.45) is 0. The number of benzene rings is 1. The van der Waals surface area contributed by atoms with Crippen LogP contribution in [0.2, 0.25) is 10.0 Å². The molecule has 1 saturated heterocycles. The number of ether oxygens (including phenoxy) is 2. The molecule has 0 unspecified atom stereocenters. The molecule has 0 aliphatic carbocycles. The number of halogens is 2. The highest BCUT2D eigenvalue weighted by Crippen LogP contribution is 2.27. The van der Waals surface area contributed by atoms with Crippen LogP contribution in [0.5, 0.6) is 0 Å². The van der Waals surface area contributed by atoms with E-state index in [1.165, 1.54) is 26.0 Å². The molecule has 2 rings (SSSR count). The monoisotopic (exact) mass is 316 g/mol. The van der Waals surface area contributed by atoms with Gasteiger partial charge in [-0.3, -0.25) is 0 Å². The second-order valence-electron chi connectivity index (χ2n) is 4.46. The smallest absolute Gasteiger partial charge is 0.347 e. The maximum absolute atomic E-state index is 11.6. The SMILES string of the molecule is CC1(C)OC(=O)C(N=Nc2ccc(Cl)c(Cl)c2)C(=O)O1. The van der Waals surface area contributed by atoms with Crippen molar-refractivity contribution in [3.8, 4) is 0 Å². The van der Waals surface area contributed by atoms with E-state index in [0.29, 0.717) is 10.7 Å². The highest BCUT2D eigenvalue weighted by Gasteiger charge is 2.43. The van der Waals surface area contributed by atoms with E-state index in [0.717, 1.165) is 0 Å². The van der Waals surface area contributed by atoms with Gasteiger partial charge in [-0.15, -0.1) is 0 Å². The van der Waals surface area contributed by atoms with E-state index in [1.54, 1.807) is 6.07 Å². The van der Waals surface area contributed by atoms with Gasteiger partial charge in [0.15, 0.2) is 0 Å². The number of nitrogens with zero attached hydrogens (tertiary/aromatic N) is 2. The highest BCUT2D eigenvalue weighted by molar-refractivity contribution is 6.42. The molecule has 6 nitrogen and oxygen atoms in total. The number of carbonyl (C=O) groups is 2. The summed E-state index contributed by atoms with van der Waals surface area (Å²) in [6, 6.07) is 3.09. The molecule has 0 spiro atoms. The van der Waals surface area contributed by atoms with Crippen molar-refractivity contribution in [2.75, 3.05) is 0 Å². The summed E-state index contributed by atoms with van der Waals surface area (Å²) in [5.74, 6) is -2.91. The third-order valence-corrected chi connectivity index (χ3v) is 3.07. The van der Waals surface area contributed by atoms with Gasteiger partial charge in [0.25, 0.3) is 11.8 Å². The first-order valence-electron chi connectivity index (χ1n) is 5.60. The van der Waals surface area contributed by atoms with Crippen molar-refractivity contribution >= 4 is 40.8 Å². The van der Waals surface area contributed by atoms with Crippen LogP contribution in [0.4, 0.5) is 5.69 Å². The molecule has 1 aliphatic heterocycles. The molecule has 1 fully saturated rings. The number of hydrogen-bond acceptors (Lipinski definition) is 6. The summed E-state index contributed by atoms with van der Waals surface area (Å²) in [5.41, 5.74) is 0.352. The van der Waals surface area contributed by atoms with Gasteiger partial charge in [-0.05, 0) is 18.2 Å². The van der Waals surface area contributed by atoms with Crippen molar-refractivity contribution in [1.29, 1.82) is 0 Å². The lowest BCUT2D eigenvalue weighted by molar-refractivity contribution is -0.234.